The van der Waals surface area contributed by atoms with Crippen LogP contribution in [0.3, 0.4) is 0 Å². The molecule has 0 rings (SSSR count). The summed E-state index contributed by atoms with van der Waals surface area (Å²) in [6.07, 6.45) is 13.3. The van der Waals surface area contributed by atoms with Gasteiger partial charge in [-0.05, 0) is 32.0 Å². The molecule has 0 bridgehead atoms. The van der Waals surface area contributed by atoms with Crippen LogP contribution in [0.25, 0.3) is 0 Å². The lowest BCUT2D eigenvalue weighted by Crippen LogP contribution is -2.33. The topological polar surface area (TPSA) is 50.1 Å². The first kappa shape index (κ1) is 21.2. The predicted octanol–water partition coefficient (Wildman–Crippen LogP) is 5.96. The van der Waals surface area contributed by atoms with Crippen LogP contribution in [0.15, 0.2) is 0 Å². The van der Waals surface area contributed by atoms with Crippen LogP contribution in [-0.4, -0.2) is 14.3 Å². The van der Waals surface area contributed by atoms with E-state index in [0.717, 1.165) is 25.3 Å². The monoisotopic (exact) mass is 325 g/mol. The summed E-state index contributed by atoms with van der Waals surface area (Å²) in [5, 5.41) is 8.55. The van der Waals surface area contributed by atoms with Crippen LogP contribution in [0.4, 0.5) is 0 Å². The van der Waals surface area contributed by atoms with E-state index in [9.17, 15) is 4.79 Å². The van der Waals surface area contributed by atoms with Crippen molar-refractivity contribution in [3.05, 3.63) is 0 Å². The molecule has 0 amide bonds. The molecule has 22 heavy (non-hydrogen) atoms. The van der Waals surface area contributed by atoms with Gasteiger partial charge in [-0.2, -0.15) is 5.26 Å². The highest BCUT2D eigenvalue weighted by atomic mass is 28.4. The van der Waals surface area contributed by atoms with Gasteiger partial charge in [0.15, 0.2) is 0 Å². The molecule has 3 nitrogen and oxygen atoms in total. The highest BCUT2D eigenvalue weighted by molar-refractivity contribution is 6.72. The molecule has 0 unspecified atom stereocenters. The Hall–Kier alpha value is -0.823. The average Bonchev–Trinajstić information content (AvgIpc) is 2.45. The first-order valence-corrected chi connectivity index (χ1v) is 12.2. The highest BCUT2D eigenvalue weighted by Crippen LogP contribution is 2.17. The lowest BCUT2D eigenvalue weighted by Gasteiger charge is -2.22. The normalized spacial score (nSPS) is 11.2. The van der Waals surface area contributed by atoms with Crippen molar-refractivity contribution >= 4 is 14.3 Å². The van der Waals surface area contributed by atoms with Gasteiger partial charge in [0, 0.05) is 12.8 Å². The lowest BCUT2D eigenvalue weighted by molar-refractivity contribution is -0.135. The smallest absolute Gasteiger partial charge is 0.292 e. The van der Waals surface area contributed by atoms with Gasteiger partial charge in [0.05, 0.1) is 6.07 Å². The maximum atomic E-state index is 11.8. The average molecular weight is 326 g/mol. The molecule has 0 aromatic carbocycles. The Balaban J connectivity index is 3.51. The van der Waals surface area contributed by atoms with Crippen molar-refractivity contribution in [3.8, 4) is 6.07 Å². The molecule has 0 aromatic heterocycles. The lowest BCUT2D eigenvalue weighted by atomic mass is 10.1. The van der Waals surface area contributed by atoms with Crippen molar-refractivity contribution in [2.24, 2.45) is 0 Å². The molecule has 0 fully saturated rings. The molecule has 0 aromatic rings. The van der Waals surface area contributed by atoms with Crippen molar-refractivity contribution in [2.45, 2.75) is 103 Å². The zero-order valence-corrected chi connectivity index (χ0v) is 16.0. The second kappa shape index (κ2) is 13.8. The van der Waals surface area contributed by atoms with Crippen LogP contribution in [0.1, 0.15) is 84.0 Å². The number of hydrogen-bond donors (Lipinski definition) is 0. The van der Waals surface area contributed by atoms with Gasteiger partial charge in [-0.3, -0.25) is 4.79 Å². The van der Waals surface area contributed by atoms with Gasteiger partial charge in [0.2, 0.25) is 8.32 Å². The second-order valence-electron chi connectivity index (χ2n) is 6.82. The number of unbranched alkanes of at least 4 members (excludes halogenated alkanes) is 9. The Morgan fingerprint density at radius 3 is 2.05 bits per heavy atom. The molecule has 0 aliphatic rings. The zero-order chi connectivity index (χ0) is 16.7. The third-order valence-corrected chi connectivity index (χ3v) is 6.28. The number of nitrogens with zero attached hydrogens (tertiary/aromatic N) is 1. The summed E-state index contributed by atoms with van der Waals surface area (Å²) in [5.74, 6) is -0.0310. The molecular formula is C18H35NO2Si. The van der Waals surface area contributed by atoms with Crippen molar-refractivity contribution in [1.29, 1.82) is 5.26 Å². The molecule has 0 aliphatic heterocycles. The van der Waals surface area contributed by atoms with Crippen molar-refractivity contribution in [3.63, 3.8) is 0 Å². The van der Waals surface area contributed by atoms with Gasteiger partial charge < -0.3 is 4.43 Å². The Morgan fingerprint density at radius 1 is 0.955 bits per heavy atom. The third-order valence-electron chi connectivity index (χ3n) is 3.94. The first-order valence-electron chi connectivity index (χ1n) is 9.10. The summed E-state index contributed by atoms with van der Waals surface area (Å²) in [4.78, 5) is 11.8. The van der Waals surface area contributed by atoms with E-state index in [0.29, 0.717) is 12.8 Å². The SMILES string of the molecule is CCCCCCCCCCCC(=O)O[Si](C)(C)CCCC#N. The number of rotatable bonds is 14. The highest BCUT2D eigenvalue weighted by Gasteiger charge is 2.25. The molecule has 0 radical (unpaired) electrons. The van der Waals surface area contributed by atoms with Gasteiger partial charge in [0.1, 0.15) is 0 Å². The fourth-order valence-corrected chi connectivity index (χ4v) is 4.43. The molecule has 128 valence electrons. The molecule has 0 saturated heterocycles. The number of carbonyl (C=O) groups is 1. The van der Waals surface area contributed by atoms with E-state index in [-0.39, 0.29) is 5.97 Å². The van der Waals surface area contributed by atoms with Crippen LogP contribution < -0.4 is 0 Å². The maximum absolute atomic E-state index is 11.8. The maximum Gasteiger partial charge on any atom is 0.292 e. The van der Waals surface area contributed by atoms with E-state index >= 15 is 0 Å². The zero-order valence-electron chi connectivity index (χ0n) is 15.0. The van der Waals surface area contributed by atoms with E-state index < -0.39 is 8.32 Å². The van der Waals surface area contributed by atoms with E-state index in [1.807, 2.05) is 0 Å². The number of hydrogen-bond acceptors (Lipinski definition) is 3. The summed E-state index contributed by atoms with van der Waals surface area (Å²) < 4.78 is 5.65. The van der Waals surface area contributed by atoms with Gasteiger partial charge in [-0.1, -0.05) is 58.3 Å². The third kappa shape index (κ3) is 14.1. The van der Waals surface area contributed by atoms with Crippen molar-refractivity contribution < 1.29 is 9.22 Å². The predicted molar refractivity (Wildman–Crippen MR) is 95.1 cm³/mol. The Labute approximate surface area is 138 Å². The molecule has 0 aliphatic carbocycles. The Bertz CT molecular complexity index is 324. The van der Waals surface area contributed by atoms with Crippen LogP contribution >= 0.6 is 0 Å². The molecule has 4 heteroatoms. The molecule has 0 N–H and O–H groups in total. The van der Waals surface area contributed by atoms with E-state index in [1.165, 1.54) is 44.9 Å². The fourth-order valence-electron chi connectivity index (χ4n) is 2.58. The van der Waals surface area contributed by atoms with Crippen LogP contribution in [0.5, 0.6) is 0 Å². The summed E-state index contributed by atoms with van der Waals surface area (Å²) in [7, 11) is -1.90. The quantitative estimate of drug-likeness (QED) is 0.292. The van der Waals surface area contributed by atoms with Crippen LogP contribution in [-0.2, 0) is 9.22 Å². The largest absolute Gasteiger partial charge is 0.520 e. The van der Waals surface area contributed by atoms with Gasteiger partial charge in [-0.25, -0.2) is 0 Å². The van der Waals surface area contributed by atoms with E-state index in [4.69, 9.17) is 9.69 Å². The molecule has 0 saturated carbocycles. The number of carbonyl (C=O) groups excluding carboxylic acids is 1. The fraction of sp³-hybridized carbons (Fsp3) is 0.889. The molecular weight excluding hydrogens is 290 g/mol. The second-order valence-corrected chi connectivity index (χ2v) is 11.0. The summed E-state index contributed by atoms with van der Waals surface area (Å²) >= 11 is 0. The summed E-state index contributed by atoms with van der Waals surface area (Å²) in [5.41, 5.74) is 0. The minimum absolute atomic E-state index is 0.0310. The van der Waals surface area contributed by atoms with Crippen molar-refractivity contribution in [1.82, 2.24) is 0 Å². The molecule has 0 heterocycles. The van der Waals surface area contributed by atoms with E-state index in [2.05, 4.69) is 26.1 Å². The minimum Gasteiger partial charge on any atom is -0.520 e. The Morgan fingerprint density at radius 2 is 1.50 bits per heavy atom. The van der Waals surface area contributed by atoms with Crippen molar-refractivity contribution in [2.75, 3.05) is 0 Å². The molecule has 0 spiro atoms. The number of nitriles is 1. The van der Waals surface area contributed by atoms with Gasteiger partial charge in [-0.15, -0.1) is 0 Å². The minimum atomic E-state index is -1.90. The molecule has 0 atom stereocenters. The standard InChI is InChI=1S/C18H35NO2Si/c1-4-5-6-7-8-9-10-11-12-15-18(20)21-22(2,3)17-14-13-16-19/h4-15,17H2,1-3H3. The first-order chi connectivity index (χ1) is 10.5. The summed E-state index contributed by atoms with van der Waals surface area (Å²) in [6.45, 7) is 6.38. The van der Waals surface area contributed by atoms with Gasteiger partial charge >= 0.3 is 0 Å². The Kier molecular flexibility index (Phi) is 13.3. The van der Waals surface area contributed by atoms with Crippen LogP contribution in [0.2, 0.25) is 19.1 Å². The van der Waals surface area contributed by atoms with E-state index in [1.54, 1.807) is 0 Å². The van der Waals surface area contributed by atoms with Crippen LogP contribution in [0, 0.1) is 11.3 Å². The summed E-state index contributed by atoms with van der Waals surface area (Å²) in [6, 6.07) is 3.04. The van der Waals surface area contributed by atoms with Gasteiger partial charge in [0.25, 0.3) is 5.97 Å².